The van der Waals surface area contributed by atoms with Crippen LogP contribution in [0, 0.1) is 0 Å². The first-order chi connectivity index (χ1) is 13.8. The number of rotatable bonds is 6. The van der Waals surface area contributed by atoms with Gasteiger partial charge in [-0.05, 0) is 45.0 Å². The highest BCUT2D eigenvalue weighted by atomic mass is 32.2. The van der Waals surface area contributed by atoms with Crippen molar-refractivity contribution in [1.82, 2.24) is 9.21 Å². The molecule has 1 N–H and O–H groups in total. The third kappa shape index (κ3) is 5.48. The second kappa shape index (κ2) is 9.42. The molecular weight excluding hydrogens is 394 g/mol. The minimum atomic E-state index is -3.53. The Morgan fingerprint density at radius 1 is 1.14 bits per heavy atom. The first-order valence-corrected chi connectivity index (χ1v) is 11.7. The number of morpholine rings is 1. The zero-order chi connectivity index (χ0) is 21.0. The van der Waals surface area contributed by atoms with Crippen molar-refractivity contribution in [3.05, 3.63) is 24.3 Å². The predicted molar refractivity (Wildman–Crippen MR) is 109 cm³/mol. The van der Waals surface area contributed by atoms with Crippen LogP contribution in [-0.4, -0.2) is 88.2 Å². The Bertz CT molecular complexity index is 781. The fraction of sp³-hybridized carbons (Fsp3) is 0.650. The molecule has 0 aliphatic carbocycles. The van der Waals surface area contributed by atoms with E-state index in [0.717, 1.165) is 4.90 Å². The maximum atomic E-state index is 12.9. The lowest BCUT2D eigenvalue weighted by Gasteiger charge is -2.37. The number of carbonyl (C=O) groups is 1. The minimum Gasteiger partial charge on any atom is -0.494 e. The fourth-order valence-corrected chi connectivity index (χ4v) is 5.39. The lowest BCUT2D eigenvalue weighted by atomic mass is 10.2. The molecule has 1 aromatic rings. The van der Waals surface area contributed by atoms with E-state index in [9.17, 15) is 13.2 Å². The Morgan fingerprint density at radius 3 is 2.28 bits per heavy atom. The van der Waals surface area contributed by atoms with Crippen molar-refractivity contribution in [1.29, 1.82) is 0 Å². The van der Waals surface area contributed by atoms with Crippen molar-refractivity contribution in [2.75, 3.05) is 52.4 Å². The van der Waals surface area contributed by atoms with Crippen molar-refractivity contribution in [3.63, 3.8) is 0 Å². The molecule has 8 nitrogen and oxygen atoms in total. The number of nitrogens with zero attached hydrogens (tertiary/aromatic N) is 2. The Labute approximate surface area is 173 Å². The fourth-order valence-electron chi connectivity index (χ4n) is 3.95. The lowest BCUT2D eigenvalue weighted by Crippen LogP contribution is -3.15. The van der Waals surface area contributed by atoms with E-state index in [0.29, 0.717) is 58.2 Å². The minimum absolute atomic E-state index is 0.0498. The molecule has 0 bridgehead atoms. The molecule has 2 fully saturated rings. The maximum Gasteiger partial charge on any atom is 0.277 e. The number of benzene rings is 1. The Morgan fingerprint density at radius 2 is 1.72 bits per heavy atom. The molecule has 2 aliphatic heterocycles. The smallest absolute Gasteiger partial charge is 0.277 e. The second-order valence-electron chi connectivity index (χ2n) is 7.79. The quantitative estimate of drug-likeness (QED) is 0.670. The molecule has 0 spiro atoms. The van der Waals surface area contributed by atoms with E-state index >= 15 is 0 Å². The molecule has 2 atom stereocenters. The summed E-state index contributed by atoms with van der Waals surface area (Å²) in [5.74, 6) is 0.774. The van der Waals surface area contributed by atoms with Gasteiger partial charge in [0.1, 0.15) is 5.75 Å². The number of nitrogens with one attached hydrogen (secondary N) is 1. The highest BCUT2D eigenvalue weighted by Gasteiger charge is 2.33. The topological polar surface area (TPSA) is 80.6 Å². The summed E-state index contributed by atoms with van der Waals surface area (Å²) in [6, 6.07) is 6.54. The average molecular weight is 427 g/mol. The zero-order valence-corrected chi connectivity index (χ0v) is 18.3. The standard InChI is InChI=1S/C20H31N3O5S/c1-4-27-18-5-7-19(8-6-18)29(25,26)23-11-9-21(10-12-23)15-20(24)22-13-16(2)28-17(3)14-22/h5-8,16-17H,4,9-15H2,1-3H3/p+1/t16-,17+. The number of quaternary nitrogens is 1. The summed E-state index contributed by atoms with van der Waals surface area (Å²) in [4.78, 5) is 15.9. The molecule has 2 saturated heterocycles. The number of ether oxygens (including phenoxy) is 2. The maximum absolute atomic E-state index is 12.9. The first-order valence-electron chi connectivity index (χ1n) is 10.3. The summed E-state index contributed by atoms with van der Waals surface area (Å²) < 4.78 is 38.4. The molecule has 1 amide bonds. The Balaban J connectivity index is 1.53. The summed E-state index contributed by atoms with van der Waals surface area (Å²) >= 11 is 0. The lowest BCUT2D eigenvalue weighted by molar-refractivity contribution is -0.896. The van der Waals surface area contributed by atoms with Gasteiger partial charge in [0.05, 0.1) is 49.9 Å². The van der Waals surface area contributed by atoms with Gasteiger partial charge >= 0.3 is 0 Å². The highest BCUT2D eigenvalue weighted by molar-refractivity contribution is 7.89. The summed E-state index contributed by atoms with van der Waals surface area (Å²) in [5.41, 5.74) is 0. The SMILES string of the molecule is CCOc1ccc(S(=O)(=O)N2CC[NH+](CC(=O)N3C[C@@H](C)O[C@@H](C)C3)CC2)cc1. The molecule has 2 aliphatic rings. The molecule has 0 saturated carbocycles. The van der Waals surface area contributed by atoms with Crippen LogP contribution in [0.5, 0.6) is 5.75 Å². The van der Waals surface area contributed by atoms with Crippen LogP contribution in [0.4, 0.5) is 0 Å². The van der Waals surface area contributed by atoms with E-state index < -0.39 is 10.0 Å². The number of amides is 1. The number of hydrogen-bond acceptors (Lipinski definition) is 5. The van der Waals surface area contributed by atoms with Gasteiger partial charge in [-0.2, -0.15) is 4.31 Å². The summed E-state index contributed by atoms with van der Waals surface area (Å²) in [6.07, 6.45) is 0.0996. The first kappa shape index (κ1) is 22.0. The van der Waals surface area contributed by atoms with Crippen LogP contribution in [0.1, 0.15) is 20.8 Å². The van der Waals surface area contributed by atoms with Gasteiger partial charge in [0.25, 0.3) is 5.91 Å². The number of carbonyl (C=O) groups excluding carboxylic acids is 1. The largest absolute Gasteiger partial charge is 0.494 e. The Kier molecular flexibility index (Phi) is 7.15. The van der Waals surface area contributed by atoms with Crippen LogP contribution in [0.25, 0.3) is 0 Å². The average Bonchev–Trinajstić information content (AvgIpc) is 2.68. The Hall–Kier alpha value is -1.68. The monoisotopic (exact) mass is 426 g/mol. The third-order valence-electron chi connectivity index (χ3n) is 5.38. The van der Waals surface area contributed by atoms with E-state index in [4.69, 9.17) is 9.47 Å². The van der Waals surface area contributed by atoms with Gasteiger partial charge < -0.3 is 19.3 Å². The molecule has 0 radical (unpaired) electrons. The van der Waals surface area contributed by atoms with Crippen molar-refractivity contribution in [2.24, 2.45) is 0 Å². The van der Waals surface area contributed by atoms with Gasteiger partial charge in [-0.15, -0.1) is 0 Å². The van der Waals surface area contributed by atoms with Gasteiger partial charge in [-0.1, -0.05) is 0 Å². The summed E-state index contributed by atoms with van der Waals surface area (Å²) in [7, 11) is -3.53. The van der Waals surface area contributed by atoms with Crippen LogP contribution in [-0.2, 0) is 19.6 Å². The van der Waals surface area contributed by atoms with E-state index in [1.54, 1.807) is 24.3 Å². The number of hydrogen-bond donors (Lipinski definition) is 1. The van der Waals surface area contributed by atoms with Crippen LogP contribution in [0.15, 0.2) is 29.2 Å². The van der Waals surface area contributed by atoms with Crippen molar-refractivity contribution in [3.8, 4) is 5.75 Å². The third-order valence-corrected chi connectivity index (χ3v) is 7.29. The van der Waals surface area contributed by atoms with Gasteiger partial charge in [0.15, 0.2) is 6.54 Å². The normalized spacial score (nSPS) is 24.4. The molecule has 0 unspecified atom stereocenters. The predicted octanol–water partition coefficient (Wildman–Crippen LogP) is -0.390. The van der Waals surface area contributed by atoms with Crippen LogP contribution in [0.3, 0.4) is 0 Å². The molecule has 2 heterocycles. The summed E-state index contributed by atoms with van der Waals surface area (Å²) in [5, 5.41) is 0. The van der Waals surface area contributed by atoms with Crippen LogP contribution in [0.2, 0.25) is 0 Å². The van der Waals surface area contributed by atoms with Crippen molar-refractivity contribution >= 4 is 15.9 Å². The molecule has 162 valence electrons. The number of sulfonamides is 1. The molecular formula is C20H32N3O5S+. The van der Waals surface area contributed by atoms with Gasteiger partial charge in [0.2, 0.25) is 10.0 Å². The number of piperazine rings is 1. The van der Waals surface area contributed by atoms with Gasteiger partial charge in [0, 0.05) is 13.1 Å². The van der Waals surface area contributed by atoms with Crippen LogP contribution >= 0.6 is 0 Å². The highest BCUT2D eigenvalue weighted by Crippen LogP contribution is 2.19. The van der Waals surface area contributed by atoms with E-state index in [2.05, 4.69) is 0 Å². The summed E-state index contributed by atoms with van der Waals surface area (Å²) in [6.45, 7) is 10.1. The molecule has 1 aromatic carbocycles. The zero-order valence-electron chi connectivity index (χ0n) is 17.5. The van der Waals surface area contributed by atoms with Crippen LogP contribution < -0.4 is 9.64 Å². The molecule has 29 heavy (non-hydrogen) atoms. The van der Waals surface area contributed by atoms with Crippen molar-refractivity contribution < 1.29 is 27.6 Å². The van der Waals surface area contributed by atoms with E-state index in [1.165, 1.54) is 4.31 Å². The molecule has 3 rings (SSSR count). The molecule has 9 heteroatoms. The van der Waals surface area contributed by atoms with Crippen molar-refractivity contribution in [2.45, 2.75) is 37.9 Å². The van der Waals surface area contributed by atoms with E-state index in [1.807, 2.05) is 25.7 Å². The molecule has 0 aromatic heterocycles. The van der Waals surface area contributed by atoms with Gasteiger partial charge in [-0.25, -0.2) is 8.42 Å². The van der Waals surface area contributed by atoms with E-state index in [-0.39, 0.29) is 23.0 Å². The van der Waals surface area contributed by atoms with Gasteiger partial charge in [-0.3, -0.25) is 4.79 Å². The second-order valence-corrected chi connectivity index (χ2v) is 9.73.